The molecule has 0 aromatic carbocycles. The van der Waals surface area contributed by atoms with Crippen LogP contribution in [-0.4, -0.2) is 18.5 Å². The number of carbonyl (C=O) groups is 1. The minimum absolute atomic E-state index is 0.121. The van der Waals surface area contributed by atoms with Crippen molar-refractivity contribution in [2.24, 2.45) is 29.4 Å². The number of amides is 1. The second kappa shape index (κ2) is 4.60. The van der Waals surface area contributed by atoms with Gasteiger partial charge in [-0.2, -0.15) is 0 Å². The van der Waals surface area contributed by atoms with Crippen molar-refractivity contribution >= 4 is 5.91 Å². The highest BCUT2D eigenvalue weighted by molar-refractivity contribution is 5.80. The van der Waals surface area contributed by atoms with Crippen molar-refractivity contribution in [1.82, 2.24) is 5.32 Å². The van der Waals surface area contributed by atoms with Crippen LogP contribution >= 0.6 is 0 Å². The van der Waals surface area contributed by atoms with Crippen molar-refractivity contribution in [2.45, 2.75) is 51.0 Å². The average molecular weight is 236 g/mol. The molecule has 0 radical (unpaired) electrons. The molecule has 3 heteroatoms. The lowest BCUT2D eigenvalue weighted by Gasteiger charge is -2.27. The molecule has 4 unspecified atom stereocenters. The number of fused-ring (bicyclic) bond motifs is 2. The summed E-state index contributed by atoms with van der Waals surface area (Å²) in [6.45, 7) is 0.888. The Morgan fingerprint density at radius 2 is 1.82 bits per heavy atom. The summed E-state index contributed by atoms with van der Waals surface area (Å²) in [5, 5.41) is 3.16. The van der Waals surface area contributed by atoms with Crippen LogP contribution in [-0.2, 0) is 4.79 Å². The van der Waals surface area contributed by atoms with E-state index in [1.165, 1.54) is 44.9 Å². The molecule has 17 heavy (non-hydrogen) atoms. The van der Waals surface area contributed by atoms with Crippen LogP contribution in [0.1, 0.15) is 44.9 Å². The minimum atomic E-state index is 0.121. The average Bonchev–Trinajstić information content (AvgIpc) is 3.02. The molecule has 96 valence electrons. The Bertz CT molecular complexity index is 297. The fourth-order valence-corrected chi connectivity index (χ4v) is 4.30. The number of carbonyl (C=O) groups excluding carboxylic acids is 1. The van der Waals surface area contributed by atoms with Gasteiger partial charge in [-0.05, 0) is 49.9 Å². The van der Waals surface area contributed by atoms with E-state index in [0.29, 0.717) is 11.8 Å². The number of nitrogens with one attached hydrogen (secondary N) is 1. The van der Waals surface area contributed by atoms with Gasteiger partial charge in [-0.3, -0.25) is 4.79 Å². The fraction of sp³-hybridized carbons (Fsp3) is 0.929. The Morgan fingerprint density at radius 1 is 1.12 bits per heavy atom. The van der Waals surface area contributed by atoms with Crippen LogP contribution in [0.4, 0.5) is 0 Å². The third-order valence-corrected chi connectivity index (χ3v) is 5.32. The Labute approximate surface area is 104 Å². The van der Waals surface area contributed by atoms with Crippen molar-refractivity contribution in [1.29, 1.82) is 0 Å². The molecule has 3 nitrogen and oxygen atoms in total. The first-order valence-electron chi connectivity index (χ1n) is 7.29. The van der Waals surface area contributed by atoms with E-state index < -0.39 is 0 Å². The van der Waals surface area contributed by atoms with Crippen molar-refractivity contribution in [3.8, 4) is 0 Å². The molecule has 0 aromatic heterocycles. The number of nitrogens with two attached hydrogens (primary N) is 1. The Kier molecular flexibility index (Phi) is 3.12. The van der Waals surface area contributed by atoms with Crippen molar-refractivity contribution in [3.05, 3.63) is 0 Å². The first-order valence-corrected chi connectivity index (χ1v) is 7.29. The van der Waals surface area contributed by atoms with Gasteiger partial charge in [0, 0.05) is 12.6 Å². The maximum Gasteiger partial charge on any atom is 0.224 e. The Hall–Kier alpha value is -0.570. The minimum Gasteiger partial charge on any atom is -0.356 e. The lowest BCUT2D eigenvalue weighted by Crippen LogP contribution is -2.46. The third-order valence-electron chi connectivity index (χ3n) is 5.32. The largest absolute Gasteiger partial charge is 0.356 e. The highest BCUT2D eigenvalue weighted by Crippen LogP contribution is 2.47. The summed E-state index contributed by atoms with van der Waals surface area (Å²) in [5.74, 6) is 2.31. The standard InChI is InChI=1S/C14H24N2O/c15-13-11-6-5-10(7-11)12(13)14(17)16-8-9-3-1-2-4-9/h9-13H,1-8,15H2,(H,16,17). The molecular weight excluding hydrogens is 212 g/mol. The van der Waals surface area contributed by atoms with E-state index in [-0.39, 0.29) is 17.9 Å². The second-order valence-corrected chi connectivity index (χ2v) is 6.33. The van der Waals surface area contributed by atoms with Gasteiger partial charge in [-0.15, -0.1) is 0 Å². The van der Waals surface area contributed by atoms with Crippen LogP contribution in [0.3, 0.4) is 0 Å². The first-order chi connectivity index (χ1) is 8.25. The van der Waals surface area contributed by atoms with Gasteiger partial charge in [0.1, 0.15) is 0 Å². The molecule has 3 aliphatic rings. The molecule has 0 saturated heterocycles. The summed E-state index contributed by atoms with van der Waals surface area (Å²) in [4.78, 5) is 12.2. The zero-order valence-corrected chi connectivity index (χ0v) is 10.5. The molecule has 0 heterocycles. The van der Waals surface area contributed by atoms with Crippen LogP contribution in [0.5, 0.6) is 0 Å². The van der Waals surface area contributed by atoms with Crippen LogP contribution in [0.25, 0.3) is 0 Å². The van der Waals surface area contributed by atoms with Crippen molar-refractivity contribution in [3.63, 3.8) is 0 Å². The van der Waals surface area contributed by atoms with E-state index in [0.717, 1.165) is 12.5 Å². The molecule has 0 aromatic rings. The summed E-state index contributed by atoms with van der Waals surface area (Å²) < 4.78 is 0. The van der Waals surface area contributed by atoms with Crippen LogP contribution in [0.2, 0.25) is 0 Å². The molecule has 3 fully saturated rings. The molecule has 2 bridgehead atoms. The molecule has 4 atom stereocenters. The van der Waals surface area contributed by atoms with E-state index in [1.54, 1.807) is 0 Å². The van der Waals surface area contributed by atoms with Gasteiger partial charge in [0.25, 0.3) is 0 Å². The molecule has 1 amide bonds. The molecule has 0 aliphatic heterocycles. The van der Waals surface area contributed by atoms with Gasteiger partial charge in [0.15, 0.2) is 0 Å². The fourth-order valence-electron chi connectivity index (χ4n) is 4.30. The first kappa shape index (κ1) is 11.5. The highest BCUT2D eigenvalue weighted by Gasteiger charge is 2.48. The molecular formula is C14H24N2O. The monoisotopic (exact) mass is 236 g/mol. The van der Waals surface area contributed by atoms with Gasteiger partial charge in [-0.1, -0.05) is 12.8 Å². The zero-order valence-electron chi connectivity index (χ0n) is 10.5. The van der Waals surface area contributed by atoms with Gasteiger partial charge in [0.05, 0.1) is 5.92 Å². The maximum atomic E-state index is 12.2. The van der Waals surface area contributed by atoms with Gasteiger partial charge >= 0.3 is 0 Å². The Morgan fingerprint density at radius 3 is 2.47 bits per heavy atom. The summed E-state index contributed by atoms with van der Waals surface area (Å²) in [5.41, 5.74) is 6.19. The third kappa shape index (κ3) is 2.10. The zero-order chi connectivity index (χ0) is 11.8. The maximum absolute atomic E-state index is 12.2. The lowest BCUT2D eigenvalue weighted by molar-refractivity contribution is -0.127. The van der Waals surface area contributed by atoms with E-state index in [4.69, 9.17) is 5.73 Å². The number of rotatable bonds is 3. The Balaban J connectivity index is 1.52. The summed E-state index contributed by atoms with van der Waals surface area (Å²) >= 11 is 0. The SMILES string of the molecule is NC1C2CCC(C2)C1C(=O)NCC1CCCC1. The number of hydrogen-bond acceptors (Lipinski definition) is 2. The van der Waals surface area contributed by atoms with Crippen LogP contribution < -0.4 is 11.1 Å². The molecule has 3 aliphatic carbocycles. The summed E-state index contributed by atoms with van der Waals surface area (Å²) in [6.07, 6.45) is 8.94. The molecule has 3 rings (SSSR count). The van der Waals surface area contributed by atoms with Crippen LogP contribution in [0, 0.1) is 23.7 Å². The molecule has 3 N–H and O–H groups in total. The van der Waals surface area contributed by atoms with E-state index in [2.05, 4.69) is 5.32 Å². The van der Waals surface area contributed by atoms with E-state index in [1.807, 2.05) is 0 Å². The highest BCUT2D eigenvalue weighted by atomic mass is 16.1. The second-order valence-electron chi connectivity index (χ2n) is 6.33. The normalized spacial score (nSPS) is 41.0. The van der Waals surface area contributed by atoms with Gasteiger partial charge in [-0.25, -0.2) is 0 Å². The topological polar surface area (TPSA) is 55.1 Å². The van der Waals surface area contributed by atoms with E-state index >= 15 is 0 Å². The predicted molar refractivity (Wildman–Crippen MR) is 67.3 cm³/mol. The lowest BCUT2D eigenvalue weighted by atomic mass is 9.84. The smallest absolute Gasteiger partial charge is 0.224 e. The van der Waals surface area contributed by atoms with Gasteiger partial charge in [0.2, 0.25) is 5.91 Å². The molecule has 0 spiro atoms. The van der Waals surface area contributed by atoms with Crippen molar-refractivity contribution < 1.29 is 4.79 Å². The quantitative estimate of drug-likeness (QED) is 0.783. The van der Waals surface area contributed by atoms with Crippen molar-refractivity contribution in [2.75, 3.05) is 6.54 Å². The molecule has 3 saturated carbocycles. The summed E-state index contributed by atoms with van der Waals surface area (Å²) in [6, 6.07) is 0.136. The van der Waals surface area contributed by atoms with E-state index in [9.17, 15) is 4.79 Å². The van der Waals surface area contributed by atoms with Crippen LogP contribution in [0.15, 0.2) is 0 Å². The summed E-state index contributed by atoms with van der Waals surface area (Å²) in [7, 11) is 0. The number of hydrogen-bond donors (Lipinski definition) is 2. The van der Waals surface area contributed by atoms with Gasteiger partial charge < -0.3 is 11.1 Å². The predicted octanol–water partition coefficient (Wildman–Crippen LogP) is 1.67.